The van der Waals surface area contributed by atoms with E-state index < -0.39 is 17.7 Å². The monoisotopic (exact) mass is 572 g/mol. The van der Waals surface area contributed by atoms with E-state index in [2.05, 4.69) is 26.8 Å². The molecule has 1 spiro atoms. The first kappa shape index (κ1) is 34.7. The van der Waals surface area contributed by atoms with Crippen LogP contribution in [-0.4, -0.2) is 51.9 Å². The summed E-state index contributed by atoms with van der Waals surface area (Å²) in [5, 5.41) is 27.8. The van der Waals surface area contributed by atoms with Crippen LogP contribution in [0.4, 0.5) is 0 Å². The number of unbranched alkanes of at least 4 members (excludes halogenated alkanes) is 1. The van der Waals surface area contributed by atoms with Crippen LogP contribution in [0.2, 0.25) is 0 Å². The highest BCUT2D eigenvalue weighted by Gasteiger charge is 2.50. The minimum Gasteiger partial charge on any atom is -0.478 e. The standard InChI is InChI=1S/C34H52O7/c1-7-8-18-33(6)20-21-34(41-30(33)15-11-25(3)22-32(38)39)19-17-27(5)29(40-34)14-10-24(2)9-13-28(23-35)26(4)12-16-31(36)37/h9-13,15-16,22,26-30,35H,7-8,14,17-21,23H2,1-6H3,(H,36,37)(H,38,39)/b13-9+,15-11+,16-12+,24-10+,25-22+/t26-,27-,28?,29?,30?,33-,34-/m0/s1. The molecule has 2 aliphatic rings. The maximum absolute atomic E-state index is 11.1. The van der Waals surface area contributed by atoms with E-state index in [-0.39, 0.29) is 36.1 Å². The fourth-order valence-electron chi connectivity index (χ4n) is 5.71. The Balaban J connectivity index is 2.15. The van der Waals surface area contributed by atoms with Crippen molar-refractivity contribution < 1.29 is 34.4 Å². The Hall–Kier alpha value is -2.48. The average molecular weight is 573 g/mol. The third-order valence-corrected chi connectivity index (χ3v) is 8.78. The van der Waals surface area contributed by atoms with E-state index in [0.29, 0.717) is 11.5 Å². The lowest BCUT2D eigenvalue weighted by Gasteiger charge is -2.53. The van der Waals surface area contributed by atoms with Crippen LogP contribution in [0.25, 0.3) is 0 Å². The van der Waals surface area contributed by atoms with Gasteiger partial charge in [0, 0.05) is 37.5 Å². The first-order chi connectivity index (χ1) is 19.3. The second kappa shape index (κ2) is 16.2. The minimum absolute atomic E-state index is 0.0106. The largest absolute Gasteiger partial charge is 0.478 e. The van der Waals surface area contributed by atoms with Gasteiger partial charge in [0.1, 0.15) is 0 Å². The van der Waals surface area contributed by atoms with Crippen LogP contribution in [-0.2, 0) is 19.1 Å². The Bertz CT molecular complexity index is 1020. The molecule has 0 aromatic heterocycles. The van der Waals surface area contributed by atoms with Crippen molar-refractivity contribution >= 4 is 11.9 Å². The molecule has 0 aliphatic carbocycles. The summed E-state index contributed by atoms with van der Waals surface area (Å²) in [7, 11) is 0. The van der Waals surface area contributed by atoms with Gasteiger partial charge in [-0.25, -0.2) is 9.59 Å². The van der Waals surface area contributed by atoms with Crippen molar-refractivity contribution in [1.82, 2.24) is 0 Å². The molecule has 0 aromatic rings. The quantitative estimate of drug-likeness (QED) is 0.149. The molecule has 0 aromatic carbocycles. The Morgan fingerprint density at radius 2 is 1.73 bits per heavy atom. The minimum atomic E-state index is -0.993. The molecular formula is C34H52O7. The zero-order valence-electron chi connectivity index (χ0n) is 25.8. The molecule has 41 heavy (non-hydrogen) atoms. The zero-order valence-corrected chi connectivity index (χ0v) is 25.8. The zero-order chi connectivity index (χ0) is 30.6. The van der Waals surface area contributed by atoms with Crippen LogP contribution < -0.4 is 0 Å². The lowest BCUT2D eigenvalue weighted by Crippen LogP contribution is -2.54. The van der Waals surface area contributed by atoms with Gasteiger partial charge in [-0.2, -0.15) is 0 Å². The highest BCUT2D eigenvalue weighted by Crippen LogP contribution is 2.50. The Morgan fingerprint density at radius 3 is 2.37 bits per heavy atom. The van der Waals surface area contributed by atoms with Crippen molar-refractivity contribution in [2.75, 3.05) is 6.61 Å². The van der Waals surface area contributed by atoms with E-state index in [1.807, 2.05) is 38.2 Å². The topological polar surface area (TPSA) is 113 Å². The summed E-state index contributed by atoms with van der Waals surface area (Å²) < 4.78 is 13.6. The molecule has 3 unspecified atom stereocenters. The molecule has 7 nitrogen and oxygen atoms in total. The van der Waals surface area contributed by atoms with Gasteiger partial charge in [0.2, 0.25) is 0 Å². The number of carbonyl (C=O) groups is 2. The van der Waals surface area contributed by atoms with Crippen molar-refractivity contribution in [1.29, 1.82) is 0 Å². The van der Waals surface area contributed by atoms with E-state index in [9.17, 15) is 14.7 Å². The average Bonchev–Trinajstić information content (AvgIpc) is 2.92. The molecule has 2 rings (SSSR count). The number of aliphatic carboxylic acids is 2. The number of hydrogen-bond donors (Lipinski definition) is 3. The number of carboxylic acid groups (broad SMARTS) is 2. The van der Waals surface area contributed by atoms with E-state index in [1.165, 1.54) is 6.08 Å². The summed E-state index contributed by atoms with van der Waals surface area (Å²) in [5.41, 5.74) is 1.70. The third-order valence-electron chi connectivity index (χ3n) is 8.78. The van der Waals surface area contributed by atoms with Crippen molar-refractivity contribution in [3.63, 3.8) is 0 Å². The summed E-state index contributed by atoms with van der Waals surface area (Å²) in [5.74, 6) is -2.48. The molecule has 2 saturated heterocycles. The van der Waals surface area contributed by atoms with Gasteiger partial charge in [-0.3, -0.25) is 0 Å². The second-order valence-corrected chi connectivity index (χ2v) is 12.4. The van der Waals surface area contributed by atoms with Crippen molar-refractivity contribution in [3.8, 4) is 0 Å². The maximum Gasteiger partial charge on any atom is 0.328 e. The van der Waals surface area contributed by atoms with E-state index in [1.54, 1.807) is 13.0 Å². The number of carboxylic acids is 2. The van der Waals surface area contributed by atoms with Crippen LogP contribution in [0.3, 0.4) is 0 Å². The summed E-state index contributed by atoms with van der Waals surface area (Å²) in [6.07, 6.45) is 21.5. The van der Waals surface area contributed by atoms with Crippen molar-refractivity contribution in [2.45, 2.75) is 111 Å². The smallest absolute Gasteiger partial charge is 0.328 e. The van der Waals surface area contributed by atoms with Crippen LogP contribution in [0.1, 0.15) is 92.9 Å². The number of allylic oxidation sites excluding steroid dienone is 5. The Morgan fingerprint density at radius 1 is 1.00 bits per heavy atom. The molecule has 2 fully saturated rings. The van der Waals surface area contributed by atoms with Crippen LogP contribution in [0.15, 0.2) is 59.8 Å². The summed E-state index contributed by atoms with van der Waals surface area (Å²) in [4.78, 5) is 21.9. The number of ether oxygens (including phenoxy) is 2. The number of aliphatic hydroxyl groups is 1. The lowest BCUT2D eigenvalue weighted by molar-refractivity contribution is -0.334. The van der Waals surface area contributed by atoms with Gasteiger partial charge in [-0.15, -0.1) is 0 Å². The molecule has 7 heteroatoms. The number of aliphatic hydroxyl groups excluding tert-OH is 1. The van der Waals surface area contributed by atoms with Gasteiger partial charge in [-0.1, -0.05) is 82.6 Å². The fourth-order valence-corrected chi connectivity index (χ4v) is 5.71. The number of hydrogen-bond acceptors (Lipinski definition) is 5. The van der Waals surface area contributed by atoms with E-state index in [4.69, 9.17) is 19.7 Å². The molecule has 2 heterocycles. The maximum atomic E-state index is 11.1. The highest BCUT2D eigenvalue weighted by atomic mass is 16.7. The fraction of sp³-hybridized carbons (Fsp3) is 0.647. The molecule has 0 bridgehead atoms. The lowest BCUT2D eigenvalue weighted by atomic mass is 9.71. The normalized spacial score (nSPS) is 31.3. The SMILES string of the molecule is CCCC[C@@]1(C)CC[C@]2(CC[C@H](C)C(C/C=C(C)/C=C/C(CO)[C@@H](C)/C=C/C(=O)O)O2)OC1/C=C/C(C)=C/C(=O)O. The molecule has 0 radical (unpaired) electrons. The van der Waals surface area contributed by atoms with Gasteiger partial charge >= 0.3 is 11.9 Å². The van der Waals surface area contributed by atoms with Crippen molar-refractivity contribution in [3.05, 3.63) is 59.8 Å². The van der Waals surface area contributed by atoms with Gasteiger partial charge in [0.15, 0.2) is 5.79 Å². The van der Waals surface area contributed by atoms with Crippen LogP contribution in [0.5, 0.6) is 0 Å². The summed E-state index contributed by atoms with van der Waals surface area (Å²) in [6.45, 7) is 12.3. The number of rotatable bonds is 14. The van der Waals surface area contributed by atoms with Gasteiger partial charge in [-0.05, 0) is 62.4 Å². The summed E-state index contributed by atoms with van der Waals surface area (Å²) >= 11 is 0. The second-order valence-electron chi connectivity index (χ2n) is 12.4. The molecular weight excluding hydrogens is 520 g/mol. The third kappa shape index (κ3) is 11.0. The van der Waals surface area contributed by atoms with E-state index >= 15 is 0 Å². The van der Waals surface area contributed by atoms with E-state index in [0.717, 1.165) is 63.0 Å². The molecule has 0 saturated carbocycles. The molecule has 2 aliphatic heterocycles. The molecule has 230 valence electrons. The predicted octanol–water partition coefficient (Wildman–Crippen LogP) is 7.24. The van der Waals surface area contributed by atoms with Crippen molar-refractivity contribution in [2.24, 2.45) is 23.2 Å². The van der Waals surface area contributed by atoms with Gasteiger partial charge in [0.05, 0.1) is 12.2 Å². The molecule has 0 amide bonds. The molecule has 7 atom stereocenters. The van der Waals surface area contributed by atoms with Crippen LogP contribution >= 0.6 is 0 Å². The Kier molecular flexibility index (Phi) is 13.7. The summed E-state index contributed by atoms with van der Waals surface area (Å²) in [6, 6.07) is 0. The predicted molar refractivity (Wildman–Crippen MR) is 162 cm³/mol. The van der Waals surface area contributed by atoms with Crippen LogP contribution in [0, 0.1) is 23.2 Å². The Labute approximate surface area is 246 Å². The van der Waals surface area contributed by atoms with Gasteiger partial charge < -0.3 is 24.8 Å². The molecule has 3 N–H and O–H groups in total. The van der Waals surface area contributed by atoms with Gasteiger partial charge in [0.25, 0.3) is 0 Å². The highest BCUT2D eigenvalue weighted by molar-refractivity contribution is 5.81. The first-order valence-electron chi connectivity index (χ1n) is 15.1. The first-order valence-corrected chi connectivity index (χ1v) is 15.1.